The highest BCUT2D eigenvalue weighted by Gasteiger charge is 2.07. The summed E-state index contributed by atoms with van der Waals surface area (Å²) in [5.41, 5.74) is 7.78. The second-order valence-corrected chi connectivity index (χ2v) is 6.55. The summed E-state index contributed by atoms with van der Waals surface area (Å²) >= 11 is 0. The number of aryl methyl sites for hydroxylation is 2. The van der Waals surface area contributed by atoms with E-state index >= 15 is 0 Å². The highest BCUT2D eigenvalue weighted by atomic mass is 16.5. The van der Waals surface area contributed by atoms with Crippen LogP contribution in [-0.2, 0) is 24.2 Å². The van der Waals surface area contributed by atoms with Crippen molar-refractivity contribution in [1.82, 2.24) is 15.8 Å². The second-order valence-electron chi connectivity index (χ2n) is 6.55. The number of carbonyl (C=O) groups excluding carboxylic acids is 1. The minimum absolute atomic E-state index is 0.290. The third kappa shape index (κ3) is 4.50. The molecule has 0 spiro atoms. The lowest BCUT2D eigenvalue weighted by atomic mass is 10.1. The Morgan fingerprint density at radius 3 is 2.54 bits per heavy atom. The van der Waals surface area contributed by atoms with E-state index in [9.17, 15) is 4.79 Å². The van der Waals surface area contributed by atoms with Crippen molar-refractivity contribution in [2.45, 2.75) is 32.7 Å². The van der Waals surface area contributed by atoms with E-state index in [1.165, 1.54) is 27.7 Å². The molecule has 2 aromatic carbocycles. The number of nitrogens with one attached hydrogen (secondary N) is 3. The molecule has 0 saturated carbocycles. The Morgan fingerprint density at radius 1 is 1.04 bits per heavy atom. The van der Waals surface area contributed by atoms with Gasteiger partial charge < -0.3 is 10.3 Å². The number of benzene rings is 2. The average molecular weight is 351 g/mol. The van der Waals surface area contributed by atoms with E-state index in [0.29, 0.717) is 6.42 Å². The van der Waals surface area contributed by atoms with Crippen LogP contribution in [0.3, 0.4) is 0 Å². The number of rotatable bonds is 8. The van der Waals surface area contributed by atoms with Crippen LogP contribution in [-0.4, -0.2) is 22.6 Å². The summed E-state index contributed by atoms with van der Waals surface area (Å²) in [6, 6.07) is 16.6. The van der Waals surface area contributed by atoms with Gasteiger partial charge in [-0.3, -0.25) is 10.0 Å². The lowest BCUT2D eigenvalue weighted by Gasteiger charge is -2.07. The summed E-state index contributed by atoms with van der Waals surface area (Å²) < 4.78 is 0. The van der Waals surface area contributed by atoms with Crippen LogP contribution >= 0.6 is 0 Å². The summed E-state index contributed by atoms with van der Waals surface area (Å²) in [6.45, 7) is 3.87. The number of hydrogen-bond donors (Lipinski definition) is 4. The van der Waals surface area contributed by atoms with Gasteiger partial charge in [0.2, 0.25) is 5.91 Å². The zero-order valence-corrected chi connectivity index (χ0v) is 15.0. The third-order valence-corrected chi connectivity index (χ3v) is 4.70. The van der Waals surface area contributed by atoms with Crippen LogP contribution in [0.2, 0.25) is 0 Å². The van der Waals surface area contributed by atoms with Gasteiger partial charge in [0.1, 0.15) is 0 Å². The Bertz CT molecular complexity index is 869. The molecule has 0 bridgehead atoms. The molecule has 3 rings (SSSR count). The fraction of sp³-hybridized carbons (Fsp3) is 0.286. The van der Waals surface area contributed by atoms with E-state index < -0.39 is 0 Å². The van der Waals surface area contributed by atoms with Crippen LogP contribution in [0.15, 0.2) is 48.5 Å². The van der Waals surface area contributed by atoms with Crippen molar-refractivity contribution < 1.29 is 10.0 Å². The average Bonchev–Trinajstić information content (AvgIpc) is 2.99. The van der Waals surface area contributed by atoms with E-state index in [1.54, 1.807) is 5.48 Å². The van der Waals surface area contributed by atoms with Gasteiger partial charge in [-0.25, -0.2) is 5.48 Å². The molecule has 0 atom stereocenters. The normalized spacial score (nSPS) is 11.0. The zero-order valence-electron chi connectivity index (χ0n) is 15.0. The van der Waals surface area contributed by atoms with Gasteiger partial charge in [-0.15, -0.1) is 0 Å². The topological polar surface area (TPSA) is 77.2 Å². The first-order valence-corrected chi connectivity index (χ1v) is 8.95. The molecule has 3 aromatic rings. The Morgan fingerprint density at radius 2 is 1.77 bits per heavy atom. The molecule has 1 heterocycles. The molecule has 26 heavy (non-hydrogen) atoms. The lowest BCUT2D eigenvalue weighted by molar-refractivity contribution is -0.129. The number of aromatic nitrogens is 1. The first-order chi connectivity index (χ1) is 12.7. The number of aromatic amines is 1. The minimum atomic E-state index is -0.358. The number of H-pyrrole nitrogens is 1. The number of amides is 1. The molecule has 0 unspecified atom stereocenters. The Balaban J connectivity index is 1.47. The molecular formula is C21H25N3O2. The van der Waals surface area contributed by atoms with Crippen molar-refractivity contribution in [3.05, 3.63) is 70.9 Å². The number of fused-ring (bicyclic) bond motifs is 1. The summed E-state index contributed by atoms with van der Waals surface area (Å²) in [4.78, 5) is 14.5. The van der Waals surface area contributed by atoms with Gasteiger partial charge in [0.15, 0.2) is 0 Å². The summed E-state index contributed by atoms with van der Waals surface area (Å²) in [6.07, 6.45) is 1.90. The van der Waals surface area contributed by atoms with Crippen molar-refractivity contribution in [2.24, 2.45) is 0 Å². The number of carbonyl (C=O) groups is 1. The zero-order chi connectivity index (χ0) is 18.4. The maximum atomic E-state index is 11.1. The van der Waals surface area contributed by atoms with Crippen molar-refractivity contribution in [1.29, 1.82) is 0 Å². The Hall–Kier alpha value is -2.63. The van der Waals surface area contributed by atoms with E-state index in [2.05, 4.69) is 53.6 Å². The van der Waals surface area contributed by atoms with Crippen LogP contribution in [0.4, 0.5) is 0 Å². The van der Waals surface area contributed by atoms with Crippen LogP contribution in [0.5, 0.6) is 0 Å². The van der Waals surface area contributed by atoms with Crippen LogP contribution in [0.1, 0.15) is 28.8 Å². The van der Waals surface area contributed by atoms with E-state index in [4.69, 9.17) is 5.21 Å². The maximum absolute atomic E-state index is 11.1. The van der Waals surface area contributed by atoms with Gasteiger partial charge in [-0.2, -0.15) is 0 Å². The largest absolute Gasteiger partial charge is 0.358 e. The fourth-order valence-corrected chi connectivity index (χ4v) is 3.24. The monoisotopic (exact) mass is 351 g/mol. The summed E-state index contributed by atoms with van der Waals surface area (Å²) in [5.74, 6) is -0.358. The van der Waals surface area contributed by atoms with E-state index in [0.717, 1.165) is 25.1 Å². The lowest BCUT2D eigenvalue weighted by Crippen LogP contribution is -2.18. The molecule has 136 valence electrons. The van der Waals surface area contributed by atoms with Gasteiger partial charge in [-0.1, -0.05) is 42.5 Å². The summed E-state index contributed by atoms with van der Waals surface area (Å²) in [7, 11) is 0. The maximum Gasteiger partial charge on any atom is 0.243 e. The number of hydrogen-bond acceptors (Lipinski definition) is 3. The van der Waals surface area contributed by atoms with Crippen molar-refractivity contribution >= 4 is 16.8 Å². The van der Waals surface area contributed by atoms with Crippen LogP contribution in [0.25, 0.3) is 10.9 Å². The van der Waals surface area contributed by atoms with Crippen molar-refractivity contribution in [2.75, 3.05) is 6.54 Å². The molecule has 0 aliphatic rings. The molecule has 5 heteroatoms. The van der Waals surface area contributed by atoms with Crippen LogP contribution in [0, 0.1) is 6.92 Å². The highest BCUT2D eigenvalue weighted by Crippen LogP contribution is 2.21. The third-order valence-electron chi connectivity index (χ3n) is 4.70. The van der Waals surface area contributed by atoms with E-state index in [1.807, 2.05) is 12.1 Å². The molecule has 0 radical (unpaired) electrons. The van der Waals surface area contributed by atoms with Gasteiger partial charge in [0.05, 0.1) is 0 Å². The second kappa shape index (κ2) is 8.65. The number of hydroxylamine groups is 1. The Labute approximate surface area is 153 Å². The van der Waals surface area contributed by atoms with Gasteiger partial charge in [-0.05, 0) is 49.1 Å². The standard InChI is InChI=1S/C21H25N3O2/c1-15-18(19-4-2-3-5-20(19)23-15)12-13-22-14-17-8-6-16(7-9-17)10-11-21(25)24-26/h2-9,22-23,26H,10-14H2,1H3,(H,24,25). The molecule has 0 fully saturated rings. The van der Waals surface area contributed by atoms with Gasteiger partial charge in [0, 0.05) is 29.6 Å². The molecule has 0 aliphatic heterocycles. The molecule has 4 N–H and O–H groups in total. The molecule has 0 saturated heterocycles. The first kappa shape index (κ1) is 18.2. The smallest absolute Gasteiger partial charge is 0.243 e. The highest BCUT2D eigenvalue weighted by molar-refractivity contribution is 5.84. The van der Waals surface area contributed by atoms with Crippen LogP contribution < -0.4 is 10.8 Å². The van der Waals surface area contributed by atoms with Gasteiger partial charge in [0.25, 0.3) is 0 Å². The molecule has 1 amide bonds. The minimum Gasteiger partial charge on any atom is -0.358 e. The summed E-state index contributed by atoms with van der Waals surface area (Å²) in [5, 5.41) is 13.3. The Kier molecular flexibility index (Phi) is 6.04. The quantitative estimate of drug-likeness (QED) is 0.286. The fourth-order valence-electron chi connectivity index (χ4n) is 3.24. The molecule has 5 nitrogen and oxygen atoms in total. The molecule has 0 aliphatic carbocycles. The SMILES string of the molecule is Cc1[nH]c2ccccc2c1CCNCc1ccc(CCC(=O)NO)cc1. The van der Waals surface area contributed by atoms with E-state index in [-0.39, 0.29) is 12.3 Å². The molecular weight excluding hydrogens is 326 g/mol. The number of para-hydroxylation sites is 1. The van der Waals surface area contributed by atoms with Crippen molar-refractivity contribution in [3.8, 4) is 0 Å². The first-order valence-electron chi connectivity index (χ1n) is 8.95. The van der Waals surface area contributed by atoms with Crippen molar-refractivity contribution in [3.63, 3.8) is 0 Å². The molecule has 1 aromatic heterocycles. The predicted octanol–water partition coefficient (Wildman–Crippen LogP) is 3.25. The predicted molar refractivity (Wildman–Crippen MR) is 103 cm³/mol. The van der Waals surface area contributed by atoms with Gasteiger partial charge >= 0.3 is 0 Å².